The number of aryl methyl sites for hydroxylation is 2. The summed E-state index contributed by atoms with van der Waals surface area (Å²) in [4.78, 5) is 11.5. The van der Waals surface area contributed by atoms with E-state index in [1.54, 1.807) is 0 Å². The van der Waals surface area contributed by atoms with Crippen LogP contribution in [0.2, 0.25) is 0 Å². The highest BCUT2D eigenvalue weighted by atomic mass is 16.6. The second kappa shape index (κ2) is 6.29. The Labute approximate surface area is 114 Å². The van der Waals surface area contributed by atoms with Crippen LogP contribution >= 0.6 is 0 Å². The van der Waals surface area contributed by atoms with Crippen LogP contribution in [-0.2, 0) is 16.0 Å². The third kappa shape index (κ3) is 2.90. The van der Waals surface area contributed by atoms with Crippen LogP contribution < -0.4 is 4.74 Å². The first kappa shape index (κ1) is 15.1. The van der Waals surface area contributed by atoms with Crippen LogP contribution in [0.15, 0.2) is 6.07 Å². The molecule has 0 aliphatic carbocycles. The highest BCUT2D eigenvalue weighted by molar-refractivity contribution is 5.75. The summed E-state index contributed by atoms with van der Waals surface area (Å²) >= 11 is 0. The quantitative estimate of drug-likeness (QED) is 0.575. The normalized spacial score (nSPS) is 16.4. The lowest BCUT2D eigenvalue weighted by Gasteiger charge is -2.27. The topological polar surface area (TPSA) is 35.5 Å². The second-order valence-electron chi connectivity index (χ2n) is 4.61. The van der Waals surface area contributed by atoms with E-state index in [0.29, 0.717) is 6.42 Å². The van der Waals surface area contributed by atoms with Gasteiger partial charge in [0.2, 0.25) is 0 Å². The molecular weight excluding hydrogens is 240 g/mol. The highest BCUT2D eigenvalue weighted by Gasteiger charge is 2.29. The van der Waals surface area contributed by atoms with E-state index in [4.69, 9.17) is 9.47 Å². The molecule has 0 amide bonds. The molecule has 3 heteroatoms. The minimum absolute atomic E-state index is 0.283. The van der Waals surface area contributed by atoms with Crippen LogP contribution in [0.3, 0.4) is 0 Å². The Balaban J connectivity index is 0.000000861. The van der Waals surface area contributed by atoms with Crippen LogP contribution in [-0.4, -0.2) is 19.2 Å². The number of ether oxygens (including phenoxy) is 2. The van der Waals surface area contributed by atoms with E-state index in [9.17, 15) is 4.79 Å². The van der Waals surface area contributed by atoms with Crippen LogP contribution in [0.5, 0.6) is 5.75 Å². The minimum atomic E-state index is -0.451. The average Bonchev–Trinajstić information content (AvgIpc) is 2.45. The fourth-order valence-electron chi connectivity index (χ4n) is 2.35. The SMILES string of the molecule is C#C.COC(=O)C1CCc2c(C)cc(C)c(C)c2O1. The lowest BCUT2D eigenvalue weighted by Crippen LogP contribution is -2.32. The number of carbonyl (C=O) groups excluding carboxylic acids is 1. The number of hydrogen-bond acceptors (Lipinski definition) is 3. The number of carbonyl (C=O) groups is 1. The van der Waals surface area contributed by atoms with Gasteiger partial charge in [-0.3, -0.25) is 0 Å². The van der Waals surface area contributed by atoms with Crippen molar-refractivity contribution in [1.29, 1.82) is 0 Å². The van der Waals surface area contributed by atoms with Crippen molar-refractivity contribution in [2.24, 2.45) is 0 Å². The summed E-state index contributed by atoms with van der Waals surface area (Å²) in [6.07, 6.45) is 9.12. The number of rotatable bonds is 1. The van der Waals surface area contributed by atoms with Gasteiger partial charge in [0.15, 0.2) is 6.10 Å². The summed E-state index contributed by atoms with van der Waals surface area (Å²) in [5.74, 6) is 0.596. The molecule has 19 heavy (non-hydrogen) atoms. The molecule has 1 heterocycles. The zero-order valence-electron chi connectivity index (χ0n) is 11.9. The van der Waals surface area contributed by atoms with Crippen molar-refractivity contribution in [3.05, 3.63) is 28.3 Å². The number of hydrogen-bond donors (Lipinski definition) is 0. The van der Waals surface area contributed by atoms with Gasteiger partial charge in [0.1, 0.15) is 5.75 Å². The lowest BCUT2D eigenvalue weighted by atomic mass is 9.93. The maximum atomic E-state index is 11.5. The van der Waals surface area contributed by atoms with Gasteiger partial charge < -0.3 is 9.47 Å². The number of fused-ring (bicyclic) bond motifs is 1. The van der Waals surface area contributed by atoms with Crippen LogP contribution in [0, 0.1) is 33.6 Å². The molecule has 1 aliphatic heterocycles. The van der Waals surface area contributed by atoms with Crippen LogP contribution in [0.25, 0.3) is 0 Å². The monoisotopic (exact) mass is 260 g/mol. The van der Waals surface area contributed by atoms with Crippen LogP contribution in [0.1, 0.15) is 28.7 Å². The Morgan fingerprint density at radius 2 is 1.95 bits per heavy atom. The van der Waals surface area contributed by atoms with E-state index in [0.717, 1.165) is 17.7 Å². The zero-order valence-corrected chi connectivity index (χ0v) is 11.9. The van der Waals surface area contributed by atoms with Gasteiger partial charge in [-0.2, -0.15) is 0 Å². The summed E-state index contributed by atoms with van der Waals surface area (Å²) in [6, 6.07) is 2.18. The van der Waals surface area contributed by atoms with Gasteiger partial charge in [-0.05, 0) is 55.9 Å². The molecule has 0 spiro atoms. The maximum absolute atomic E-state index is 11.5. The maximum Gasteiger partial charge on any atom is 0.347 e. The molecule has 0 aromatic heterocycles. The predicted molar refractivity (Wildman–Crippen MR) is 75.3 cm³/mol. The Hall–Kier alpha value is -1.95. The Morgan fingerprint density at radius 1 is 1.32 bits per heavy atom. The van der Waals surface area contributed by atoms with E-state index in [-0.39, 0.29) is 5.97 Å². The van der Waals surface area contributed by atoms with Gasteiger partial charge in [-0.25, -0.2) is 4.79 Å². The lowest BCUT2D eigenvalue weighted by molar-refractivity contribution is -0.149. The standard InChI is InChI=1S/C14H18O3.C2H2/c1-8-7-9(2)11-5-6-12(14(15)16-4)17-13(11)10(8)3;1-2/h7,12H,5-6H2,1-4H3;1-2H. The van der Waals surface area contributed by atoms with Crippen molar-refractivity contribution in [2.75, 3.05) is 7.11 Å². The van der Waals surface area contributed by atoms with Crippen molar-refractivity contribution in [2.45, 2.75) is 39.7 Å². The Bertz CT molecular complexity index is 500. The summed E-state index contributed by atoms with van der Waals surface area (Å²) in [7, 11) is 1.40. The molecule has 3 nitrogen and oxygen atoms in total. The summed E-state index contributed by atoms with van der Waals surface area (Å²) in [6.45, 7) is 6.19. The summed E-state index contributed by atoms with van der Waals surface area (Å²) in [5.41, 5.74) is 4.80. The number of terminal acetylenes is 1. The molecule has 0 fully saturated rings. The number of benzene rings is 1. The minimum Gasteiger partial charge on any atom is -0.478 e. The number of esters is 1. The second-order valence-corrected chi connectivity index (χ2v) is 4.61. The molecule has 0 radical (unpaired) electrons. The largest absolute Gasteiger partial charge is 0.478 e. The van der Waals surface area contributed by atoms with Crippen molar-refractivity contribution < 1.29 is 14.3 Å². The van der Waals surface area contributed by atoms with Crippen molar-refractivity contribution in [1.82, 2.24) is 0 Å². The molecule has 0 saturated carbocycles. The molecule has 0 N–H and O–H groups in total. The van der Waals surface area contributed by atoms with Crippen molar-refractivity contribution in [3.8, 4) is 18.6 Å². The molecule has 1 atom stereocenters. The first-order chi connectivity index (χ1) is 9.04. The molecular formula is C16H20O3. The van der Waals surface area contributed by atoms with Gasteiger partial charge in [0, 0.05) is 0 Å². The molecule has 0 saturated heterocycles. The summed E-state index contributed by atoms with van der Waals surface area (Å²) < 4.78 is 10.5. The predicted octanol–water partition coefficient (Wildman–Crippen LogP) is 2.73. The average molecular weight is 260 g/mol. The van der Waals surface area contributed by atoms with Gasteiger partial charge in [-0.1, -0.05) is 6.07 Å². The third-order valence-electron chi connectivity index (χ3n) is 3.50. The van der Waals surface area contributed by atoms with Crippen molar-refractivity contribution >= 4 is 5.97 Å². The molecule has 1 aromatic carbocycles. The molecule has 0 bridgehead atoms. The molecule has 2 rings (SSSR count). The third-order valence-corrected chi connectivity index (χ3v) is 3.50. The van der Waals surface area contributed by atoms with Crippen LogP contribution in [0.4, 0.5) is 0 Å². The van der Waals surface area contributed by atoms with E-state index >= 15 is 0 Å². The van der Waals surface area contributed by atoms with E-state index in [1.165, 1.54) is 23.8 Å². The zero-order chi connectivity index (χ0) is 14.6. The van der Waals surface area contributed by atoms with E-state index in [1.807, 2.05) is 6.92 Å². The first-order valence-corrected chi connectivity index (χ1v) is 6.22. The molecule has 102 valence electrons. The van der Waals surface area contributed by atoms with Gasteiger partial charge in [0.25, 0.3) is 0 Å². The first-order valence-electron chi connectivity index (χ1n) is 6.22. The molecule has 1 aromatic rings. The smallest absolute Gasteiger partial charge is 0.347 e. The van der Waals surface area contributed by atoms with E-state index in [2.05, 4.69) is 32.8 Å². The van der Waals surface area contributed by atoms with Crippen molar-refractivity contribution in [3.63, 3.8) is 0 Å². The highest BCUT2D eigenvalue weighted by Crippen LogP contribution is 2.35. The summed E-state index contributed by atoms with van der Waals surface area (Å²) in [5, 5.41) is 0. The Kier molecular flexibility index (Phi) is 5.00. The van der Waals surface area contributed by atoms with Gasteiger partial charge in [0.05, 0.1) is 7.11 Å². The van der Waals surface area contributed by atoms with Gasteiger partial charge >= 0.3 is 5.97 Å². The Morgan fingerprint density at radius 3 is 2.53 bits per heavy atom. The van der Waals surface area contributed by atoms with Gasteiger partial charge in [-0.15, -0.1) is 12.8 Å². The fourth-order valence-corrected chi connectivity index (χ4v) is 2.35. The van der Waals surface area contributed by atoms with E-state index < -0.39 is 6.10 Å². The molecule has 1 aliphatic rings. The number of methoxy groups -OCH3 is 1. The fraction of sp³-hybridized carbons (Fsp3) is 0.438. The molecule has 1 unspecified atom stereocenters.